The Hall–Kier alpha value is -0.0700. The summed E-state index contributed by atoms with van der Waals surface area (Å²) in [6.07, 6.45) is 4.15. The van der Waals surface area contributed by atoms with Crippen LogP contribution in [0, 0.1) is 11.8 Å². The molecule has 0 bridgehead atoms. The van der Waals surface area contributed by atoms with Gasteiger partial charge in [0.2, 0.25) is 0 Å². The fourth-order valence-electron chi connectivity index (χ4n) is 1.31. The molecule has 0 spiro atoms. The van der Waals surface area contributed by atoms with Crippen molar-refractivity contribution >= 4 is 0 Å². The molecule has 0 heterocycles. The van der Waals surface area contributed by atoms with Crippen LogP contribution < -0.4 is 0 Å². The lowest BCUT2D eigenvalue weighted by Gasteiger charge is -2.24. The van der Waals surface area contributed by atoms with Crippen LogP contribution in [-0.4, -0.2) is 5.67 Å². The van der Waals surface area contributed by atoms with Crippen molar-refractivity contribution in [3.8, 4) is 0 Å². The van der Waals surface area contributed by atoms with Crippen LogP contribution in [-0.2, 0) is 0 Å². The Kier molecular flexibility index (Phi) is 5.59. The number of rotatable bonds is 6. The smallest absolute Gasteiger partial charge is 0.110 e. The molecule has 0 aromatic carbocycles. The van der Waals surface area contributed by atoms with Crippen molar-refractivity contribution in [3.63, 3.8) is 0 Å². The van der Waals surface area contributed by atoms with Gasteiger partial charge >= 0.3 is 0 Å². The molecule has 0 aliphatic carbocycles. The predicted octanol–water partition coefficient (Wildman–Crippen LogP) is 4.59. The van der Waals surface area contributed by atoms with Gasteiger partial charge in [-0.3, -0.25) is 0 Å². The summed E-state index contributed by atoms with van der Waals surface area (Å²) in [5, 5.41) is 0. The zero-order chi connectivity index (χ0) is 10.5. The van der Waals surface area contributed by atoms with Gasteiger partial charge in [0, 0.05) is 0 Å². The van der Waals surface area contributed by atoms with E-state index in [1.165, 1.54) is 12.8 Å². The van der Waals surface area contributed by atoms with Gasteiger partial charge in [-0.15, -0.1) is 0 Å². The van der Waals surface area contributed by atoms with Crippen molar-refractivity contribution in [1.29, 1.82) is 0 Å². The molecule has 80 valence electrons. The first-order valence-corrected chi connectivity index (χ1v) is 5.55. The topological polar surface area (TPSA) is 0 Å². The molecule has 0 aliphatic heterocycles. The molecule has 0 saturated carbocycles. The fourth-order valence-corrected chi connectivity index (χ4v) is 1.31. The molecule has 1 heteroatoms. The van der Waals surface area contributed by atoms with Gasteiger partial charge in [-0.2, -0.15) is 0 Å². The maximum atomic E-state index is 13.7. The summed E-state index contributed by atoms with van der Waals surface area (Å²) in [4.78, 5) is 0. The Balaban J connectivity index is 3.52. The highest BCUT2D eigenvalue weighted by Gasteiger charge is 2.26. The molecule has 0 fully saturated rings. The summed E-state index contributed by atoms with van der Waals surface area (Å²) in [5.74, 6) is 0.900. The molecule has 0 aliphatic rings. The van der Waals surface area contributed by atoms with E-state index in [4.69, 9.17) is 0 Å². The van der Waals surface area contributed by atoms with Crippen LogP contribution in [0.15, 0.2) is 0 Å². The molecule has 1 unspecified atom stereocenters. The summed E-state index contributed by atoms with van der Waals surface area (Å²) in [6.45, 7) is 10.1. The summed E-state index contributed by atoms with van der Waals surface area (Å²) in [6, 6.07) is 0. The highest BCUT2D eigenvalue weighted by molar-refractivity contribution is 4.76. The van der Waals surface area contributed by atoms with E-state index in [2.05, 4.69) is 13.8 Å². The maximum absolute atomic E-state index is 13.7. The second-order valence-corrected chi connectivity index (χ2v) is 5.07. The van der Waals surface area contributed by atoms with Crippen LogP contribution in [0.5, 0.6) is 0 Å². The van der Waals surface area contributed by atoms with Crippen LogP contribution in [0.1, 0.15) is 60.3 Å². The molecular formula is C12H25F. The van der Waals surface area contributed by atoms with E-state index < -0.39 is 5.67 Å². The highest BCUT2D eigenvalue weighted by Crippen LogP contribution is 2.27. The van der Waals surface area contributed by atoms with Crippen molar-refractivity contribution in [2.75, 3.05) is 0 Å². The van der Waals surface area contributed by atoms with E-state index in [1.807, 2.05) is 13.8 Å². The van der Waals surface area contributed by atoms with E-state index in [0.29, 0.717) is 0 Å². The Morgan fingerprint density at radius 2 is 1.62 bits per heavy atom. The Morgan fingerprint density at radius 3 is 2.00 bits per heavy atom. The van der Waals surface area contributed by atoms with Crippen molar-refractivity contribution in [2.45, 2.75) is 66.0 Å². The number of hydrogen-bond acceptors (Lipinski definition) is 0. The van der Waals surface area contributed by atoms with E-state index in [0.717, 1.165) is 18.8 Å². The first-order chi connectivity index (χ1) is 5.86. The molecule has 13 heavy (non-hydrogen) atoms. The molecule has 0 aromatic rings. The van der Waals surface area contributed by atoms with Crippen molar-refractivity contribution < 1.29 is 4.39 Å². The summed E-state index contributed by atoms with van der Waals surface area (Å²) < 4.78 is 13.7. The summed E-state index contributed by atoms with van der Waals surface area (Å²) in [5.41, 5.74) is -0.961. The monoisotopic (exact) mass is 188 g/mol. The van der Waals surface area contributed by atoms with Crippen molar-refractivity contribution in [1.82, 2.24) is 0 Å². The summed E-state index contributed by atoms with van der Waals surface area (Å²) >= 11 is 0. The summed E-state index contributed by atoms with van der Waals surface area (Å²) in [7, 11) is 0. The standard InChI is InChI=1S/C12H25F/c1-10(2)8-6-7-9-12(5,13)11(3)4/h10-11H,6-9H2,1-5H3. The van der Waals surface area contributed by atoms with E-state index >= 15 is 0 Å². The molecule has 0 saturated heterocycles. The molecule has 0 rings (SSSR count). The number of unbranched alkanes of at least 4 members (excludes halogenated alkanes) is 1. The third-order valence-electron chi connectivity index (χ3n) is 2.90. The van der Waals surface area contributed by atoms with Gasteiger partial charge in [0.1, 0.15) is 5.67 Å². The van der Waals surface area contributed by atoms with Gasteiger partial charge in [-0.25, -0.2) is 4.39 Å². The quantitative estimate of drug-likeness (QED) is 0.535. The van der Waals surface area contributed by atoms with E-state index in [1.54, 1.807) is 6.92 Å². The van der Waals surface area contributed by atoms with Crippen molar-refractivity contribution in [2.24, 2.45) is 11.8 Å². The number of halogens is 1. The second-order valence-electron chi connectivity index (χ2n) is 5.07. The predicted molar refractivity (Wildman–Crippen MR) is 57.7 cm³/mol. The van der Waals surface area contributed by atoms with E-state index in [9.17, 15) is 4.39 Å². The molecule has 0 nitrogen and oxygen atoms in total. The Morgan fingerprint density at radius 1 is 1.08 bits per heavy atom. The molecule has 0 radical (unpaired) electrons. The SMILES string of the molecule is CC(C)CCCCC(C)(F)C(C)C. The van der Waals surface area contributed by atoms with Gasteiger partial charge in [0.05, 0.1) is 0 Å². The molecule has 0 amide bonds. The van der Waals surface area contributed by atoms with Crippen LogP contribution in [0.25, 0.3) is 0 Å². The van der Waals surface area contributed by atoms with Crippen LogP contribution >= 0.6 is 0 Å². The first kappa shape index (κ1) is 12.9. The van der Waals surface area contributed by atoms with Gasteiger partial charge in [-0.05, 0) is 25.2 Å². The van der Waals surface area contributed by atoms with Crippen LogP contribution in [0.3, 0.4) is 0 Å². The minimum absolute atomic E-state index is 0.145. The Labute approximate surface area is 82.9 Å². The zero-order valence-corrected chi connectivity index (χ0v) is 9.86. The minimum Gasteiger partial charge on any atom is -0.244 e. The third-order valence-corrected chi connectivity index (χ3v) is 2.90. The molecule has 1 atom stereocenters. The lowest BCUT2D eigenvalue weighted by molar-refractivity contribution is 0.108. The lowest BCUT2D eigenvalue weighted by Crippen LogP contribution is -2.25. The Bertz CT molecular complexity index is 125. The average molecular weight is 188 g/mol. The largest absolute Gasteiger partial charge is 0.244 e. The highest BCUT2D eigenvalue weighted by atomic mass is 19.1. The molecule has 0 N–H and O–H groups in total. The maximum Gasteiger partial charge on any atom is 0.110 e. The third kappa shape index (κ3) is 6.06. The van der Waals surface area contributed by atoms with Gasteiger partial charge in [0.15, 0.2) is 0 Å². The lowest BCUT2D eigenvalue weighted by atomic mass is 9.88. The van der Waals surface area contributed by atoms with Crippen molar-refractivity contribution in [3.05, 3.63) is 0 Å². The van der Waals surface area contributed by atoms with Crippen LogP contribution in [0.2, 0.25) is 0 Å². The zero-order valence-electron chi connectivity index (χ0n) is 9.86. The number of hydrogen-bond donors (Lipinski definition) is 0. The van der Waals surface area contributed by atoms with E-state index in [-0.39, 0.29) is 5.92 Å². The number of alkyl halides is 1. The van der Waals surface area contributed by atoms with Gasteiger partial charge < -0.3 is 0 Å². The normalized spacial score (nSPS) is 16.6. The van der Waals surface area contributed by atoms with Gasteiger partial charge in [0.25, 0.3) is 0 Å². The molecule has 0 aromatic heterocycles. The second kappa shape index (κ2) is 5.62. The van der Waals surface area contributed by atoms with Crippen LogP contribution in [0.4, 0.5) is 4.39 Å². The molecular weight excluding hydrogens is 163 g/mol. The average Bonchev–Trinajstić information content (AvgIpc) is 1.97. The fraction of sp³-hybridized carbons (Fsp3) is 1.00. The first-order valence-electron chi connectivity index (χ1n) is 5.55. The minimum atomic E-state index is -0.961. The van der Waals surface area contributed by atoms with Gasteiger partial charge in [-0.1, -0.05) is 47.0 Å².